The van der Waals surface area contributed by atoms with Crippen LogP contribution in [0.15, 0.2) is 6.07 Å². The van der Waals surface area contributed by atoms with E-state index in [-0.39, 0.29) is 23.3 Å². The Labute approximate surface area is 111 Å². The third-order valence-electron chi connectivity index (χ3n) is 3.54. The first kappa shape index (κ1) is 13.6. The molecule has 1 amide bonds. The largest absolute Gasteiger partial charge is 0.477 e. The van der Waals surface area contributed by atoms with Crippen LogP contribution in [0.2, 0.25) is 0 Å². The van der Waals surface area contributed by atoms with Crippen molar-refractivity contribution in [3.05, 3.63) is 11.8 Å². The van der Waals surface area contributed by atoms with E-state index in [0.717, 1.165) is 25.7 Å². The molecule has 1 aromatic heterocycles. The average molecular weight is 265 g/mol. The lowest BCUT2D eigenvalue weighted by molar-refractivity contribution is -0.120. The van der Waals surface area contributed by atoms with Crippen molar-refractivity contribution in [1.82, 2.24) is 10.2 Å². The lowest BCUT2D eigenvalue weighted by Gasteiger charge is -2.18. The molecule has 1 aliphatic rings. The number of carboxylic acids is 1. The molecule has 1 aliphatic carbocycles. The third-order valence-corrected chi connectivity index (χ3v) is 3.54. The molecule has 0 unspecified atom stereocenters. The maximum absolute atomic E-state index is 12.1. The van der Waals surface area contributed by atoms with Gasteiger partial charge in [0.1, 0.15) is 5.69 Å². The van der Waals surface area contributed by atoms with Crippen LogP contribution in [-0.2, 0) is 4.79 Å². The van der Waals surface area contributed by atoms with Gasteiger partial charge in [0, 0.05) is 12.0 Å². The van der Waals surface area contributed by atoms with Crippen molar-refractivity contribution in [3.8, 4) is 0 Å². The first-order chi connectivity index (χ1) is 9.16. The van der Waals surface area contributed by atoms with Crippen molar-refractivity contribution >= 4 is 17.7 Å². The first-order valence-corrected chi connectivity index (χ1v) is 6.76. The normalized spacial score (nSPS) is 17.5. The number of nitrogens with one attached hydrogen (secondary N) is 2. The van der Waals surface area contributed by atoms with Crippen LogP contribution >= 0.6 is 0 Å². The lowest BCUT2D eigenvalue weighted by Crippen LogP contribution is -2.23. The first-order valence-electron chi connectivity index (χ1n) is 6.76. The zero-order chi connectivity index (χ0) is 13.7. The fraction of sp³-hybridized carbons (Fsp3) is 0.615. The zero-order valence-corrected chi connectivity index (χ0v) is 10.8. The summed E-state index contributed by atoms with van der Waals surface area (Å²) >= 11 is 0. The number of H-pyrrole nitrogens is 1. The fourth-order valence-corrected chi connectivity index (χ4v) is 2.44. The van der Waals surface area contributed by atoms with E-state index in [2.05, 4.69) is 15.5 Å². The Kier molecular flexibility index (Phi) is 4.54. The van der Waals surface area contributed by atoms with Gasteiger partial charge in [-0.15, -0.1) is 0 Å². The number of carbonyl (C=O) groups is 2. The third kappa shape index (κ3) is 3.81. The van der Waals surface area contributed by atoms with Crippen LogP contribution in [0.5, 0.6) is 0 Å². The van der Waals surface area contributed by atoms with Crippen LogP contribution in [0.4, 0.5) is 5.82 Å². The van der Waals surface area contributed by atoms with Crippen molar-refractivity contribution < 1.29 is 14.7 Å². The molecule has 2 rings (SSSR count). The molecule has 0 aliphatic heterocycles. The van der Waals surface area contributed by atoms with Gasteiger partial charge in [0.05, 0.1) is 0 Å². The number of anilines is 1. The Hall–Kier alpha value is -1.85. The van der Waals surface area contributed by atoms with Crippen molar-refractivity contribution in [2.75, 3.05) is 5.32 Å². The van der Waals surface area contributed by atoms with E-state index >= 15 is 0 Å². The summed E-state index contributed by atoms with van der Waals surface area (Å²) in [5.74, 6) is -0.834. The molecule has 0 atom stereocenters. The van der Waals surface area contributed by atoms with Gasteiger partial charge in [0.25, 0.3) is 0 Å². The van der Waals surface area contributed by atoms with Crippen LogP contribution < -0.4 is 5.32 Å². The number of aromatic nitrogens is 2. The monoisotopic (exact) mass is 265 g/mol. The van der Waals surface area contributed by atoms with E-state index in [4.69, 9.17) is 5.11 Å². The van der Waals surface area contributed by atoms with Gasteiger partial charge in [0.2, 0.25) is 5.91 Å². The number of hydrogen-bond acceptors (Lipinski definition) is 3. The fourth-order valence-electron chi connectivity index (χ4n) is 2.44. The molecule has 0 bridgehead atoms. The minimum Gasteiger partial charge on any atom is -0.477 e. The van der Waals surface area contributed by atoms with Crippen molar-refractivity contribution in [3.63, 3.8) is 0 Å². The second-order valence-corrected chi connectivity index (χ2v) is 5.00. The molecule has 1 aromatic rings. The van der Waals surface area contributed by atoms with E-state index in [1.165, 1.54) is 25.3 Å². The van der Waals surface area contributed by atoms with E-state index < -0.39 is 5.97 Å². The Morgan fingerprint density at radius 3 is 2.42 bits per heavy atom. The van der Waals surface area contributed by atoms with E-state index in [9.17, 15) is 9.59 Å². The Morgan fingerprint density at radius 2 is 1.84 bits per heavy atom. The summed E-state index contributed by atoms with van der Waals surface area (Å²) in [6, 6.07) is 1.34. The van der Waals surface area contributed by atoms with Gasteiger partial charge in [0.15, 0.2) is 5.82 Å². The van der Waals surface area contributed by atoms with E-state index in [1.807, 2.05) is 0 Å². The molecule has 1 fully saturated rings. The Morgan fingerprint density at radius 1 is 1.21 bits per heavy atom. The molecule has 19 heavy (non-hydrogen) atoms. The van der Waals surface area contributed by atoms with Gasteiger partial charge in [-0.25, -0.2) is 4.79 Å². The highest BCUT2D eigenvalue weighted by Gasteiger charge is 2.20. The molecule has 6 heteroatoms. The molecule has 1 heterocycles. The highest BCUT2D eigenvalue weighted by atomic mass is 16.4. The SMILES string of the molecule is O=C(O)c1cc(NC(=O)C2CCCCCCC2)n[nH]1. The summed E-state index contributed by atoms with van der Waals surface area (Å²) in [6.45, 7) is 0. The number of carboxylic acid groups (broad SMARTS) is 1. The summed E-state index contributed by atoms with van der Waals surface area (Å²) in [6.07, 6.45) is 7.61. The molecule has 0 radical (unpaired) electrons. The molecule has 0 spiro atoms. The minimum atomic E-state index is -1.08. The smallest absolute Gasteiger partial charge is 0.353 e. The van der Waals surface area contributed by atoms with Crippen LogP contribution in [-0.4, -0.2) is 27.2 Å². The highest BCUT2D eigenvalue weighted by Crippen LogP contribution is 2.23. The predicted molar refractivity (Wildman–Crippen MR) is 70.0 cm³/mol. The zero-order valence-electron chi connectivity index (χ0n) is 10.8. The molecule has 104 valence electrons. The van der Waals surface area contributed by atoms with Gasteiger partial charge >= 0.3 is 5.97 Å². The number of rotatable bonds is 3. The molecule has 0 aromatic carbocycles. The van der Waals surface area contributed by atoms with Crippen molar-refractivity contribution in [2.24, 2.45) is 5.92 Å². The maximum Gasteiger partial charge on any atom is 0.353 e. The van der Waals surface area contributed by atoms with Gasteiger partial charge in [-0.3, -0.25) is 9.89 Å². The van der Waals surface area contributed by atoms with Crippen molar-refractivity contribution in [2.45, 2.75) is 44.9 Å². The maximum atomic E-state index is 12.1. The van der Waals surface area contributed by atoms with Gasteiger partial charge in [-0.05, 0) is 12.8 Å². The standard InChI is InChI=1S/C13H19N3O3/c17-12(9-6-4-2-1-3-5-7-9)14-11-8-10(13(18)19)15-16-11/h8-9H,1-7H2,(H,18,19)(H2,14,15,16,17). The van der Waals surface area contributed by atoms with Crippen LogP contribution in [0, 0.1) is 5.92 Å². The summed E-state index contributed by atoms with van der Waals surface area (Å²) < 4.78 is 0. The second kappa shape index (κ2) is 6.36. The number of carbonyl (C=O) groups excluding carboxylic acids is 1. The van der Waals surface area contributed by atoms with Crippen LogP contribution in [0.1, 0.15) is 55.4 Å². The summed E-state index contributed by atoms with van der Waals surface area (Å²) in [7, 11) is 0. The molecular formula is C13H19N3O3. The number of nitrogens with zero attached hydrogens (tertiary/aromatic N) is 1. The number of aromatic carboxylic acids is 1. The van der Waals surface area contributed by atoms with E-state index in [1.54, 1.807) is 0 Å². The molecular weight excluding hydrogens is 246 g/mol. The number of amides is 1. The summed E-state index contributed by atoms with van der Waals surface area (Å²) in [5, 5.41) is 17.6. The number of aromatic amines is 1. The number of hydrogen-bond donors (Lipinski definition) is 3. The van der Waals surface area contributed by atoms with Crippen molar-refractivity contribution in [1.29, 1.82) is 0 Å². The Bertz CT molecular complexity index is 448. The Balaban J connectivity index is 1.92. The molecule has 0 saturated heterocycles. The van der Waals surface area contributed by atoms with Gasteiger partial charge < -0.3 is 10.4 Å². The average Bonchev–Trinajstić information content (AvgIpc) is 2.76. The molecule has 3 N–H and O–H groups in total. The quantitative estimate of drug-likeness (QED) is 0.782. The van der Waals surface area contributed by atoms with Gasteiger partial charge in [-0.2, -0.15) is 5.10 Å². The summed E-state index contributed by atoms with van der Waals surface area (Å²) in [5.41, 5.74) is -0.0204. The van der Waals surface area contributed by atoms with E-state index in [0.29, 0.717) is 0 Å². The minimum absolute atomic E-state index is 0.0188. The van der Waals surface area contributed by atoms with Crippen LogP contribution in [0.25, 0.3) is 0 Å². The molecule has 1 saturated carbocycles. The summed E-state index contributed by atoms with van der Waals surface area (Å²) in [4.78, 5) is 22.8. The lowest BCUT2D eigenvalue weighted by atomic mass is 9.90. The van der Waals surface area contributed by atoms with Gasteiger partial charge in [-0.1, -0.05) is 32.1 Å². The highest BCUT2D eigenvalue weighted by molar-refractivity contribution is 5.93. The topological polar surface area (TPSA) is 95.1 Å². The second-order valence-electron chi connectivity index (χ2n) is 5.00. The molecule has 6 nitrogen and oxygen atoms in total. The predicted octanol–water partition coefficient (Wildman–Crippen LogP) is 2.41. The van der Waals surface area contributed by atoms with Crippen LogP contribution in [0.3, 0.4) is 0 Å².